The molecule has 90 valence electrons. The Balaban J connectivity index is 2.00. The number of rotatable bonds is 3. The third-order valence-corrected chi connectivity index (χ3v) is 2.41. The molecule has 1 N–H and O–H groups in total. The largest absolute Gasteiger partial charge is 0.291 e. The third kappa shape index (κ3) is 3.11. The maximum atomic E-state index is 11.6. The standard InChI is InChI=1S/C12H9ClN4O/c13-10-4-2-1-3-9(10)7-16-17-12(18)11-8-14-5-6-15-11/h1-8H,(H,17,18). The van der Waals surface area contributed by atoms with Gasteiger partial charge in [0.2, 0.25) is 0 Å². The molecule has 0 aliphatic heterocycles. The van der Waals surface area contributed by atoms with Gasteiger partial charge < -0.3 is 0 Å². The summed E-state index contributed by atoms with van der Waals surface area (Å²) in [5.41, 5.74) is 3.27. The number of benzene rings is 1. The Morgan fingerprint density at radius 3 is 2.89 bits per heavy atom. The van der Waals surface area contributed by atoms with Crippen LogP contribution < -0.4 is 5.43 Å². The lowest BCUT2D eigenvalue weighted by atomic mass is 10.2. The Morgan fingerprint density at radius 1 is 1.33 bits per heavy atom. The molecule has 5 nitrogen and oxygen atoms in total. The Kier molecular flexibility index (Phi) is 3.98. The highest BCUT2D eigenvalue weighted by atomic mass is 35.5. The highest BCUT2D eigenvalue weighted by Crippen LogP contribution is 2.11. The van der Waals surface area contributed by atoms with Crippen LogP contribution in [0.5, 0.6) is 0 Å². The van der Waals surface area contributed by atoms with Gasteiger partial charge in [0.25, 0.3) is 5.91 Å². The van der Waals surface area contributed by atoms with Gasteiger partial charge in [-0.1, -0.05) is 29.8 Å². The first-order chi connectivity index (χ1) is 8.77. The molecular weight excluding hydrogens is 252 g/mol. The number of halogens is 1. The number of hydrogen-bond donors (Lipinski definition) is 1. The van der Waals surface area contributed by atoms with Gasteiger partial charge in [-0.25, -0.2) is 10.4 Å². The fourth-order valence-corrected chi connectivity index (χ4v) is 1.40. The SMILES string of the molecule is O=C(NN=Cc1ccccc1Cl)c1cnccn1. The Labute approximate surface area is 109 Å². The summed E-state index contributed by atoms with van der Waals surface area (Å²) in [6.07, 6.45) is 5.76. The zero-order chi connectivity index (χ0) is 12.8. The number of hydrazone groups is 1. The van der Waals surface area contributed by atoms with Gasteiger partial charge in [-0.15, -0.1) is 0 Å². The number of nitrogens with zero attached hydrogens (tertiary/aromatic N) is 3. The Morgan fingerprint density at radius 2 is 2.17 bits per heavy atom. The summed E-state index contributed by atoms with van der Waals surface area (Å²) >= 11 is 5.93. The van der Waals surface area contributed by atoms with Gasteiger partial charge in [0.1, 0.15) is 5.69 Å². The molecule has 0 radical (unpaired) electrons. The van der Waals surface area contributed by atoms with Crippen molar-refractivity contribution in [3.8, 4) is 0 Å². The van der Waals surface area contributed by atoms with Crippen LogP contribution in [0.4, 0.5) is 0 Å². The highest BCUT2D eigenvalue weighted by molar-refractivity contribution is 6.33. The number of aromatic nitrogens is 2. The first-order valence-corrected chi connectivity index (χ1v) is 5.49. The van der Waals surface area contributed by atoms with Gasteiger partial charge in [0, 0.05) is 23.0 Å². The van der Waals surface area contributed by atoms with E-state index in [1.54, 1.807) is 12.1 Å². The molecule has 0 bridgehead atoms. The third-order valence-electron chi connectivity index (χ3n) is 2.07. The average molecular weight is 261 g/mol. The van der Waals surface area contributed by atoms with Crippen molar-refractivity contribution in [1.29, 1.82) is 0 Å². The van der Waals surface area contributed by atoms with Gasteiger partial charge in [0.15, 0.2) is 0 Å². The van der Waals surface area contributed by atoms with Gasteiger partial charge >= 0.3 is 0 Å². The first kappa shape index (κ1) is 12.2. The van der Waals surface area contributed by atoms with Crippen LogP contribution in [0.15, 0.2) is 48.0 Å². The minimum atomic E-state index is -0.425. The summed E-state index contributed by atoms with van der Waals surface area (Å²) < 4.78 is 0. The van der Waals surface area contributed by atoms with Crippen LogP contribution in [0.25, 0.3) is 0 Å². The van der Waals surface area contributed by atoms with Gasteiger partial charge in [-0.2, -0.15) is 5.10 Å². The van der Waals surface area contributed by atoms with Crippen molar-refractivity contribution in [3.63, 3.8) is 0 Å². The van der Waals surface area contributed by atoms with Crippen LogP contribution in [0.2, 0.25) is 5.02 Å². The van der Waals surface area contributed by atoms with E-state index in [-0.39, 0.29) is 5.69 Å². The second kappa shape index (κ2) is 5.88. The molecule has 0 spiro atoms. The molecule has 2 aromatic rings. The van der Waals surface area contributed by atoms with Crippen molar-refractivity contribution in [2.45, 2.75) is 0 Å². The Hall–Kier alpha value is -2.27. The van der Waals surface area contributed by atoms with Crippen molar-refractivity contribution >= 4 is 23.7 Å². The minimum Gasteiger partial charge on any atom is -0.265 e. The second-order valence-corrected chi connectivity index (χ2v) is 3.72. The zero-order valence-electron chi connectivity index (χ0n) is 9.25. The first-order valence-electron chi connectivity index (χ1n) is 5.11. The molecule has 1 amide bonds. The normalized spacial score (nSPS) is 10.5. The number of carbonyl (C=O) groups is 1. The van der Waals surface area contributed by atoms with E-state index in [1.807, 2.05) is 12.1 Å². The van der Waals surface area contributed by atoms with E-state index < -0.39 is 5.91 Å². The van der Waals surface area contributed by atoms with Crippen molar-refractivity contribution < 1.29 is 4.79 Å². The monoisotopic (exact) mass is 260 g/mol. The molecule has 18 heavy (non-hydrogen) atoms. The van der Waals surface area contributed by atoms with Crippen LogP contribution in [-0.2, 0) is 0 Å². The van der Waals surface area contributed by atoms with E-state index in [0.29, 0.717) is 5.02 Å². The molecule has 0 saturated carbocycles. The lowest BCUT2D eigenvalue weighted by Gasteiger charge is -1.98. The smallest absolute Gasteiger partial charge is 0.265 e. The van der Waals surface area contributed by atoms with E-state index in [0.717, 1.165) is 5.56 Å². The maximum absolute atomic E-state index is 11.6. The molecule has 2 rings (SSSR count). The lowest BCUT2D eigenvalue weighted by molar-refractivity contribution is 0.0950. The van der Waals surface area contributed by atoms with Crippen molar-refractivity contribution in [1.82, 2.24) is 15.4 Å². The number of carbonyl (C=O) groups excluding carboxylic acids is 1. The van der Waals surface area contributed by atoms with E-state index >= 15 is 0 Å². The number of nitrogens with one attached hydrogen (secondary N) is 1. The topological polar surface area (TPSA) is 67.2 Å². The van der Waals surface area contributed by atoms with Crippen LogP contribution in [0.1, 0.15) is 16.1 Å². The maximum Gasteiger partial charge on any atom is 0.291 e. The van der Waals surface area contributed by atoms with E-state index in [1.165, 1.54) is 24.8 Å². The molecule has 0 unspecified atom stereocenters. The molecule has 0 atom stereocenters. The summed E-state index contributed by atoms with van der Waals surface area (Å²) in [4.78, 5) is 19.2. The van der Waals surface area contributed by atoms with Gasteiger partial charge in [-0.05, 0) is 6.07 Å². The Bertz CT molecular complexity index is 571. The van der Waals surface area contributed by atoms with Crippen molar-refractivity contribution in [2.75, 3.05) is 0 Å². The van der Waals surface area contributed by atoms with E-state index in [4.69, 9.17) is 11.6 Å². The van der Waals surface area contributed by atoms with Crippen LogP contribution in [-0.4, -0.2) is 22.1 Å². The van der Waals surface area contributed by atoms with Gasteiger partial charge in [-0.3, -0.25) is 9.78 Å². The van der Waals surface area contributed by atoms with Crippen LogP contribution in [0.3, 0.4) is 0 Å². The molecule has 0 aliphatic carbocycles. The molecule has 1 aromatic heterocycles. The number of hydrogen-bond acceptors (Lipinski definition) is 4. The van der Waals surface area contributed by atoms with Crippen molar-refractivity contribution in [2.24, 2.45) is 5.10 Å². The van der Waals surface area contributed by atoms with Crippen LogP contribution in [0, 0.1) is 0 Å². The second-order valence-electron chi connectivity index (χ2n) is 3.31. The zero-order valence-corrected chi connectivity index (χ0v) is 10.0. The van der Waals surface area contributed by atoms with E-state index in [9.17, 15) is 4.79 Å². The predicted molar refractivity (Wildman–Crippen MR) is 68.5 cm³/mol. The summed E-state index contributed by atoms with van der Waals surface area (Å²) in [6, 6.07) is 7.18. The lowest BCUT2D eigenvalue weighted by Crippen LogP contribution is -2.19. The fraction of sp³-hybridized carbons (Fsp3) is 0. The molecular formula is C12H9ClN4O. The van der Waals surface area contributed by atoms with Gasteiger partial charge in [0.05, 0.1) is 12.4 Å². The van der Waals surface area contributed by atoms with Crippen molar-refractivity contribution in [3.05, 3.63) is 59.1 Å². The summed E-state index contributed by atoms with van der Waals surface area (Å²) in [5.74, 6) is -0.425. The molecule has 1 heterocycles. The summed E-state index contributed by atoms with van der Waals surface area (Å²) in [6.45, 7) is 0. The quantitative estimate of drug-likeness (QED) is 0.677. The van der Waals surface area contributed by atoms with Crippen LogP contribution >= 0.6 is 11.6 Å². The minimum absolute atomic E-state index is 0.203. The summed E-state index contributed by atoms with van der Waals surface area (Å²) in [7, 11) is 0. The molecule has 1 aromatic carbocycles. The highest BCUT2D eigenvalue weighted by Gasteiger charge is 2.04. The fourth-order valence-electron chi connectivity index (χ4n) is 1.21. The molecule has 0 saturated heterocycles. The molecule has 6 heteroatoms. The molecule has 0 aliphatic rings. The summed E-state index contributed by atoms with van der Waals surface area (Å²) in [5, 5.41) is 4.37. The average Bonchev–Trinajstić information content (AvgIpc) is 2.42. The number of amides is 1. The molecule has 0 fully saturated rings. The van der Waals surface area contributed by atoms with E-state index in [2.05, 4.69) is 20.5 Å². The predicted octanol–water partition coefficient (Wildman–Crippen LogP) is 1.89.